The Kier molecular flexibility index (Phi) is 3.51. The lowest BCUT2D eigenvalue weighted by atomic mass is 10.2. The van der Waals surface area contributed by atoms with Crippen LogP contribution in [0.2, 0.25) is 0 Å². The van der Waals surface area contributed by atoms with E-state index in [0.29, 0.717) is 0 Å². The van der Waals surface area contributed by atoms with E-state index in [0.717, 1.165) is 29.8 Å². The van der Waals surface area contributed by atoms with Crippen molar-refractivity contribution in [3.63, 3.8) is 0 Å². The molecule has 3 rings (SSSR count). The Hall–Kier alpha value is -2.14. The first-order valence-electron chi connectivity index (χ1n) is 6.86. The van der Waals surface area contributed by atoms with Gasteiger partial charge in [0.2, 0.25) is 0 Å². The molecule has 0 saturated carbocycles. The minimum absolute atomic E-state index is 0.279. The molecular weight excluding hydrogens is 284 g/mol. The molecule has 1 N–H and O–H groups in total. The van der Waals surface area contributed by atoms with Crippen LogP contribution in [0.25, 0.3) is 11.0 Å². The van der Waals surface area contributed by atoms with Gasteiger partial charge in [0.25, 0.3) is 0 Å². The van der Waals surface area contributed by atoms with Crippen LogP contribution in [-0.4, -0.2) is 20.6 Å². The first-order chi connectivity index (χ1) is 10.1. The Morgan fingerprint density at radius 1 is 1.33 bits per heavy atom. The summed E-state index contributed by atoms with van der Waals surface area (Å²) < 4.78 is 2.17. The number of carbonyl (C=O) groups is 1. The topological polar surface area (TPSA) is 55.1 Å². The second-order valence-electron chi connectivity index (χ2n) is 4.99. The second-order valence-corrected chi connectivity index (χ2v) is 6.36. The van der Waals surface area contributed by atoms with E-state index in [4.69, 9.17) is 5.11 Å². The van der Waals surface area contributed by atoms with Crippen molar-refractivity contribution in [3.8, 4) is 0 Å². The number of nitrogens with zero attached hydrogens (tertiary/aromatic N) is 2. The first kappa shape index (κ1) is 13.8. The van der Waals surface area contributed by atoms with E-state index >= 15 is 0 Å². The smallest absolute Gasteiger partial charge is 0.335 e. The van der Waals surface area contributed by atoms with Gasteiger partial charge in [-0.05, 0) is 37.3 Å². The standard InChI is InChI=1S/C16H16N2O2S/c1-3-15-17-13-8-11(16(19)20)5-7-14(13)18(15)9-12-6-4-10(2)21-12/h4-8H,3,9H2,1-2H3,(H,19,20). The van der Waals surface area contributed by atoms with Crippen molar-refractivity contribution in [2.75, 3.05) is 0 Å². The molecule has 0 atom stereocenters. The van der Waals surface area contributed by atoms with E-state index < -0.39 is 5.97 Å². The Labute approximate surface area is 126 Å². The van der Waals surface area contributed by atoms with Gasteiger partial charge in [-0.2, -0.15) is 0 Å². The second kappa shape index (κ2) is 5.33. The van der Waals surface area contributed by atoms with E-state index in [9.17, 15) is 4.79 Å². The van der Waals surface area contributed by atoms with Gasteiger partial charge in [-0.15, -0.1) is 11.3 Å². The average Bonchev–Trinajstić information content (AvgIpc) is 3.02. The zero-order valence-electron chi connectivity index (χ0n) is 12.0. The molecule has 0 spiro atoms. The van der Waals surface area contributed by atoms with Gasteiger partial charge < -0.3 is 9.67 Å². The van der Waals surface area contributed by atoms with Crippen LogP contribution in [0.4, 0.5) is 0 Å². The summed E-state index contributed by atoms with van der Waals surface area (Å²) >= 11 is 1.78. The zero-order valence-corrected chi connectivity index (χ0v) is 12.8. The van der Waals surface area contributed by atoms with Crippen LogP contribution in [0.5, 0.6) is 0 Å². The third kappa shape index (κ3) is 2.56. The molecule has 0 bridgehead atoms. The number of rotatable bonds is 4. The summed E-state index contributed by atoms with van der Waals surface area (Å²) in [6.45, 7) is 4.94. The summed E-state index contributed by atoms with van der Waals surface area (Å²) in [6.07, 6.45) is 0.821. The number of hydrogen-bond donors (Lipinski definition) is 1. The first-order valence-corrected chi connectivity index (χ1v) is 7.68. The van der Waals surface area contributed by atoms with E-state index in [2.05, 4.69) is 35.5 Å². The Bertz CT molecular complexity index is 817. The normalized spacial score (nSPS) is 11.1. The number of benzene rings is 1. The van der Waals surface area contributed by atoms with Crippen LogP contribution < -0.4 is 0 Å². The SMILES string of the molecule is CCc1nc2cc(C(=O)O)ccc2n1Cc1ccc(C)s1. The predicted octanol–water partition coefficient (Wildman–Crippen LogP) is 3.72. The van der Waals surface area contributed by atoms with Crippen molar-refractivity contribution in [2.24, 2.45) is 0 Å². The van der Waals surface area contributed by atoms with Crippen LogP contribution >= 0.6 is 11.3 Å². The van der Waals surface area contributed by atoms with Crippen molar-refractivity contribution < 1.29 is 9.90 Å². The highest BCUT2D eigenvalue weighted by Crippen LogP contribution is 2.23. The summed E-state index contributed by atoms with van der Waals surface area (Å²) in [5.41, 5.74) is 2.02. The predicted molar refractivity (Wildman–Crippen MR) is 84.2 cm³/mol. The molecule has 0 aliphatic heterocycles. The maximum Gasteiger partial charge on any atom is 0.335 e. The molecule has 0 aliphatic rings. The van der Waals surface area contributed by atoms with Crippen LogP contribution in [0.15, 0.2) is 30.3 Å². The van der Waals surface area contributed by atoms with Crippen molar-refractivity contribution in [1.82, 2.24) is 9.55 Å². The lowest BCUT2D eigenvalue weighted by Gasteiger charge is -2.06. The third-order valence-electron chi connectivity index (χ3n) is 3.50. The van der Waals surface area contributed by atoms with Crippen molar-refractivity contribution in [3.05, 3.63) is 51.5 Å². The molecule has 4 nitrogen and oxygen atoms in total. The van der Waals surface area contributed by atoms with Crippen LogP contribution in [-0.2, 0) is 13.0 Å². The van der Waals surface area contributed by atoms with Gasteiger partial charge in [0.15, 0.2) is 0 Å². The number of hydrogen-bond acceptors (Lipinski definition) is 3. The molecule has 21 heavy (non-hydrogen) atoms. The summed E-state index contributed by atoms with van der Waals surface area (Å²) in [5.74, 6) is 0.0666. The maximum absolute atomic E-state index is 11.1. The van der Waals surface area contributed by atoms with Gasteiger partial charge in [-0.1, -0.05) is 6.92 Å². The van der Waals surface area contributed by atoms with Gasteiger partial charge in [-0.25, -0.2) is 9.78 Å². The molecule has 0 saturated heterocycles. The summed E-state index contributed by atoms with van der Waals surface area (Å²) in [4.78, 5) is 18.2. The van der Waals surface area contributed by atoms with Crippen LogP contribution in [0.1, 0.15) is 32.9 Å². The summed E-state index contributed by atoms with van der Waals surface area (Å²) in [6, 6.07) is 9.39. The third-order valence-corrected chi connectivity index (χ3v) is 4.49. The van der Waals surface area contributed by atoms with Crippen molar-refractivity contribution in [1.29, 1.82) is 0 Å². The van der Waals surface area contributed by atoms with Gasteiger partial charge in [0.05, 0.1) is 23.1 Å². The zero-order chi connectivity index (χ0) is 15.0. The molecule has 1 aromatic carbocycles. The highest BCUT2D eigenvalue weighted by molar-refractivity contribution is 7.11. The van der Waals surface area contributed by atoms with Crippen LogP contribution in [0.3, 0.4) is 0 Å². The van der Waals surface area contributed by atoms with Gasteiger partial charge >= 0.3 is 5.97 Å². The average molecular weight is 300 g/mol. The van der Waals surface area contributed by atoms with E-state index in [1.807, 2.05) is 6.07 Å². The fraction of sp³-hybridized carbons (Fsp3) is 0.250. The summed E-state index contributed by atoms with van der Waals surface area (Å²) in [5, 5.41) is 9.08. The lowest BCUT2D eigenvalue weighted by Crippen LogP contribution is -2.03. The number of thiophene rings is 1. The largest absolute Gasteiger partial charge is 0.478 e. The molecule has 2 aromatic heterocycles. The molecule has 0 fully saturated rings. The molecular formula is C16H16N2O2S. The minimum atomic E-state index is -0.918. The monoisotopic (exact) mass is 300 g/mol. The van der Waals surface area contributed by atoms with Crippen molar-refractivity contribution >= 4 is 28.3 Å². The van der Waals surface area contributed by atoms with Gasteiger partial charge in [0, 0.05) is 16.2 Å². The molecule has 0 aliphatic carbocycles. The quantitative estimate of drug-likeness (QED) is 0.799. The number of aromatic nitrogens is 2. The number of aromatic carboxylic acids is 1. The number of fused-ring (bicyclic) bond motifs is 1. The van der Waals surface area contributed by atoms with Crippen molar-refractivity contribution in [2.45, 2.75) is 26.8 Å². The highest BCUT2D eigenvalue weighted by Gasteiger charge is 2.13. The molecule has 0 amide bonds. The van der Waals surface area contributed by atoms with Gasteiger partial charge in [-0.3, -0.25) is 0 Å². The number of carboxylic acids is 1. The Balaban J connectivity index is 2.09. The molecule has 108 valence electrons. The molecule has 5 heteroatoms. The van der Waals surface area contributed by atoms with E-state index in [1.54, 1.807) is 23.5 Å². The highest BCUT2D eigenvalue weighted by atomic mass is 32.1. The number of carboxylic acid groups (broad SMARTS) is 1. The maximum atomic E-state index is 11.1. The van der Waals surface area contributed by atoms with Gasteiger partial charge in [0.1, 0.15) is 5.82 Å². The van der Waals surface area contributed by atoms with Crippen LogP contribution in [0, 0.1) is 6.92 Å². The summed E-state index contributed by atoms with van der Waals surface area (Å²) in [7, 11) is 0. The fourth-order valence-electron chi connectivity index (χ4n) is 2.48. The molecule has 0 radical (unpaired) electrons. The number of aryl methyl sites for hydroxylation is 2. The Morgan fingerprint density at radius 2 is 2.14 bits per heavy atom. The molecule has 0 unspecified atom stereocenters. The van der Waals surface area contributed by atoms with E-state index in [1.165, 1.54) is 9.75 Å². The minimum Gasteiger partial charge on any atom is -0.478 e. The lowest BCUT2D eigenvalue weighted by molar-refractivity contribution is 0.0697. The molecule has 2 heterocycles. The fourth-order valence-corrected chi connectivity index (χ4v) is 3.36. The molecule has 3 aromatic rings. The Morgan fingerprint density at radius 3 is 2.76 bits per heavy atom. The number of imidazole rings is 1. The van der Waals surface area contributed by atoms with E-state index in [-0.39, 0.29) is 5.56 Å².